The van der Waals surface area contributed by atoms with Gasteiger partial charge in [-0.05, 0) is 19.1 Å². The Hall–Kier alpha value is -2.20. The second-order valence-corrected chi connectivity index (χ2v) is 4.63. The summed E-state index contributed by atoms with van der Waals surface area (Å²) >= 11 is 0. The summed E-state index contributed by atoms with van der Waals surface area (Å²) in [5.41, 5.74) is 1.71. The number of hydrogen-bond acceptors (Lipinski definition) is 4. The summed E-state index contributed by atoms with van der Waals surface area (Å²) in [5, 5.41) is 22.5. The summed E-state index contributed by atoms with van der Waals surface area (Å²) in [7, 11) is 1.65. The van der Waals surface area contributed by atoms with E-state index in [1.54, 1.807) is 19.2 Å². The lowest BCUT2D eigenvalue weighted by molar-refractivity contribution is 0.392. The van der Waals surface area contributed by atoms with E-state index < -0.39 is 0 Å². The maximum atomic E-state index is 9.77. The molecule has 0 aromatic heterocycles. The van der Waals surface area contributed by atoms with E-state index >= 15 is 0 Å². The minimum Gasteiger partial charge on any atom is -0.504 e. The fraction of sp³-hybridized carbons (Fsp3) is 0.250. The van der Waals surface area contributed by atoms with Crippen molar-refractivity contribution >= 4 is 0 Å². The summed E-state index contributed by atoms with van der Waals surface area (Å²) in [4.78, 5) is 0. The molecular weight excluding hydrogens is 254 g/mol. The normalized spacial score (nSPS) is 12.1. The molecule has 1 unspecified atom stereocenters. The zero-order valence-corrected chi connectivity index (χ0v) is 11.6. The van der Waals surface area contributed by atoms with Crippen molar-refractivity contribution in [3.8, 4) is 17.2 Å². The molecule has 3 N–H and O–H groups in total. The molecule has 0 aliphatic heterocycles. The van der Waals surface area contributed by atoms with Crippen LogP contribution in [0.2, 0.25) is 0 Å². The van der Waals surface area contributed by atoms with Crippen LogP contribution in [-0.4, -0.2) is 17.3 Å². The van der Waals surface area contributed by atoms with Crippen LogP contribution >= 0.6 is 0 Å². The predicted molar refractivity (Wildman–Crippen MR) is 78.0 cm³/mol. The van der Waals surface area contributed by atoms with E-state index in [0.29, 0.717) is 12.1 Å². The lowest BCUT2D eigenvalue weighted by atomic mass is 10.1. The summed E-state index contributed by atoms with van der Waals surface area (Å²) < 4.78 is 5.33. The zero-order valence-electron chi connectivity index (χ0n) is 11.6. The van der Waals surface area contributed by atoms with Crippen LogP contribution in [0.3, 0.4) is 0 Å². The number of phenols is 2. The van der Waals surface area contributed by atoms with E-state index in [2.05, 4.69) is 5.32 Å². The monoisotopic (exact) mass is 273 g/mol. The first-order chi connectivity index (χ1) is 9.63. The first-order valence-electron chi connectivity index (χ1n) is 6.49. The Morgan fingerprint density at radius 1 is 1.10 bits per heavy atom. The number of benzene rings is 2. The van der Waals surface area contributed by atoms with Gasteiger partial charge < -0.3 is 20.3 Å². The quantitative estimate of drug-likeness (QED) is 0.733. The molecule has 0 saturated heterocycles. The highest BCUT2D eigenvalue weighted by atomic mass is 16.5. The van der Waals surface area contributed by atoms with Crippen LogP contribution in [-0.2, 0) is 6.54 Å². The third kappa shape index (κ3) is 3.03. The van der Waals surface area contributed by atoms with Crippen molar-refractivity contribution < 1.29 is 14.9 Å². The highest BCUT2D eigenvalue weighted by Crippen LogP contribution is 2.29. The van der Waals surface area contributed by atoms with Crippen molar-refractivity contribution in [2.24, 2.45) is 0 Å². The van der Waals surface area contributed by atoms with Gasteiger partial charge in [0.15, 0.2) is 11.5 Å². The van der Waals surface area contributed by atoms with Crippen LogP contribution in [0.15, 0.2) is 42.5 Å². The summed E-state index contributed by atoms with van der Waals surface area (Å²) in [6.45, 7) is 2.48. The first kappa shape index (κ1) is 14.2. The molecule has 0 spiro atoms. The number of rotatable bonds is 5. The van der Waals surface area contributed by atoms with Gasteiger partial charge in [0, 0.05) is 23.7 Å². The van der Waals surface area contributed by atoms with Crippen molar-refractivity contribution in [2.75, 3.05) is 7.11 Å². The summed E-state index contributed by atoms with van der Waals surface area (Å²) in [6, 6.07) is 12.8. The number of methoxy groups -OCH3 is 1. The molecule has 0 aliphatic carbocycles. The topological polar surface area (TPSA) is 61.7 Å². The average molecular weight is 273 g/mol. The predicted octanol–water partition coefficient (Wildman–Crippen LogP) is 2.96. The largest absolute Gasteiger partial charge is 0.504 e. The Morgan fingerprint density at radius 2 is 1.85 bits per heavy atom. The van der Waals surface area contributed by atoms with Crippen molar-refractivity contribution in [1.29, 1.82) is 0 Å². The molecule has 0 fully saturated rings. The summed E-state index contributed by atoms with van der Waals surface area (Å²) in [5.74, 6) is 0.647. The van der Waals surface area contributed by atoms with Crippen LogP contribution in [0.1, 0.15) is 24.1 Å². The third-order valence-corrected chi connectivity index (χ3v) is 3.30. The van der Waals surface area contributed by atoms with E-state index in [1.807, 2.05) is 31.2 Å². The number of hydrogen-bond donors (Lipinski definition) is 3. The molecule has 4 nitrogen and oxygen atoms in total. The lowest BCUT2D eigenvalue weighted by Crippen LogP contribution is -2.18. The molecule has 0 saturated carbocycles. The number of phenolic OH excluding ortho intramolecular Hbond substituents is 2. The van der Waals surface area contributed by atoms with Gasteiger partial charge in [0.05, 0.1) is 7.11 Å². The molecule has 0 bridgehead atoms. The molecule has 4 heteroatoms. The van der Waals surface area contributed by atoms with Crippen LogP contribution in [0.25, 0.3) is 0 Å². The van der Waals surface area contributed by atoms with Crippen molar-refractivity contribution in [3.05, 3.63) is 53.6 Å². The first-order valence-corrected chi connectivity index (χ1v) is 6.49. The molecule has 20 heavy (non-hydrogen) atoms. The Labute approximate surface area is 118 Å². The second kappa shape index (κ2) is 6.30. The van der Waals surface area contributed by atoms with Gasteiger partial charge in [-0.15, -0.1) is 0 Å². The van der Waals surface area contributed by atoms with Crippen molar-refractivity contribution in [2.45, 2.75) is 19.5 Å². The molecule has 1 atom stereocenters. The maximum Gasteiger partial charge on any atom is 0.161 e. The Morgan fingerprint density at radius 3 is 2.60 bits per heavy atom. The molecular formula is C16H19NO3. The standard InChI is InChI=1S/C16H19NO3/c1-11(13-7-3-4-9-15(13)20-2)17-10-12-6-5-8-14(18)16(12)19/h3-9,11,17-19H,10H2,1-2H3. The molecule has 2 aromatic rings. The summed E-state index contributed by atoms with van der Waals surface area (Å²) in [6.07, 6.45) is 0. The number of para-hydroxylation sites is 2. The van der Waals surface area contributed by atoms with Crippen molar-refractivity contribution in [1.82, 2.24) is 5.32 Å². The van der Waals surface area contributed by atoms with Crippen LogP contribution < -0.4 is 10.1 Å². The van der Waals surface area contributed by atoms with Gasteiger partial charge >= 0.3 is 0 Å². The minimum absolute atomic E-state index is 0.0629. The minimum atomic E-state index is -0.103. The Kier molecular flexibility index (Phi) is 4.48. The fourth-order valence-electron chi connectivity index (χ4n) is 2.12. The fourth-order valence-corrected chi connectivity index (χ4v) is 2.12. The molecule has 106 valence electrons. The highest BCUT2D eigenvalue weighted by molar-refractivity contribution is 5.44. The van der Waals surface area contributed by atoms with E-state index in [-0.39, 0.29) is 17.5 Å². The van der Waals surface area contributed by atoms with Gasteiger partial charge in [0.2, 0.25) is 0 Å². The average Bonchev–Trinajstić information content (AvgIpc) is 2.48. The Balaban J connectivity index is 2.09. The number of aromatic hydroxyl groups is 2. The van der Waals surface area contributed by atoms with Gasteiger partial charge in [-0.2, -0.15) is 0 Å². The molecule has 2 rings (SSSR count). The highest BCUT2D eigenvalue weighted by Gasteiger charge is 2.12. The Bertz CT molecular complexity index is 584. The van der Waals surface area contributed by atoms with Gasteiger partial charge in [0.25, 0.3) is 0 Å². The van der Waals surface area contributed by atoms with Gasteiger partial charge in [0.1, 0.15) is 5.75 Å². The van der Waals surface area contributed by atoms with Crippen LogP contribution in [0.4, 0.5) is 0 Å². The van der Waals surface area contributed by atoms with Gasteiger partial charge in [-0.25, -0.2) is 0 Å². The van der Waals surface area contributed by atoms with Crippen LogP contribution in [0.5, 0.6) is 17.2 Å². The molecule has 0 amide bonds. The number of ether oxygens (including phenoxy) is 1. The lowest BCUT2D eigenvalue weighted by Gasteiger charge is -2.17. The third-order valence-electron chi connectivity index (χ3n) is 3.30. The SMILES string of the molecule is COc1ccccc1C(C)NCc1cccc(O)c1O. The second-order valence-electron chi connectivity index (χ2n) is 4.63. The zero-order chi connectivity index (χ0) is 14.5. The van der Waals surface area contributed by atoms with Gasteiger partial charge in [-0.1, -0.05) is 30.3 Å². The smallest absolute Gasteiger partial charge is 0.161 e. The van der Waals surface area contributed by atoms with E-state index in [0.717, 1.165) is 11.3 Å². The molecule has 0 heterocycles. The molecule has 2 aromatic carbocycles. The van der Waals surface area contributed by atoms with E-state index in [1.165, 1.54) is 6.07 Å². The maximum absolute atomic E-state index is 9.77. The van der Waals surface area contributed by atoms with E-state index in [4.69, 9.17) is 4.74 Å². The molecule has 0 aliphatic rings. The van der Waals surface area contributed by atoms with E-state index in [9.17, 15) is 10.2 Å². The van der Waals surface area contributed by atoms with Crippen LogP contribution in [0, 0.1) is 0 Å². The molecule has 0 radical (unpaired) electrons. The van der Waals surface area contributed by atoms with Gasteiger partial charge in [-0.3, -0.25) is 0 Å². The van der Waals surface area contributed by atoms with Crippen molar-refractivity contribution in [3.63, 3.8) is 0 Å². The number of nitrogens with one attached hydrogen (secondary N) is 1.